The molecule has 0 aliphatic rings. The van der Waals surface area contributed by atoms with Gasteiger partial charge in [-0.15, -0.1) is 11.8 Å². The lowest BCUT2D eigenvalue weighted by molar-refractivity contribution is -0.116. The van der Waals surface area contributed by atoms with Crippen LogP contribution in [0.5, 0.6) is 0 Å². The van der Waals surface area contributed by atoms with E-state index in [1.54, 1.807) is 72.8 Å². The molecule has 4 rings (SSSR count). The highest BCUT2D eigenvalue weighted by Crippen LogP contribution is 2.29. The van der Waals surface area contributed by atoms with E-state index in [0.29, 0.717) is 29.0 Å². The summed E-state index contributed by atoms with van der Waals surface area (Å²) in [6, 6.07) is 30.5. The first-order valence-electron chi connectivity index (χ1n) is 14.1. The molecule has 0 heterocycles. The fourth-order valence-corrected chi connectivity index (χ4v) is 5.28. The van der Waals surface area contributed by atoms with Gasteiger partial charge in [0.1, 0.15) is 5.70 Å². The van der Waals surface area contributed by atoms with E-state index in [4.69, 9.17) is 0 Å². The van der Waals surface area contributed by atoms with Crippen LogP contribution in [-0.2, 0) is 14.4 Å². The summed E-state index contributed by atoms with van der Waals surface area (Å²) in [4.78, 5) is 51.5. The molecule has 1 unspecified atom stereocenters. The third-order valence-electron chi connectivity index (χ3n) is 6.39. The van der Waals surface area contributed by atoms with E-state index in [0.717, 1.165) is 16.0 Å². The Kier molecular flexibility index (Phi) is 11.1. The van der Waals surface area contributed by atoms with Gasteiger partial charge in [-0.2, -0.15) is 0 Å². The summed E-state index contributed by atoms with van der Waals surface area (Å²) in [5.74, 6) is -1.21. The maximum absolute atomic E-state index is 13.5. The van der Waals surface area contributed by atoms with Crippen molar-refractivity contribution in [2.75, 3.05) is 16.0 Å². The largest absolute Gasteiger partial charge is 0.326 e. The summed E-state index contributed by atoms with van der Waals surface area (Å²) in [6.45, 7) is 5.32. The van der Waals surface area contributed by atoms with Crippen LogP contribution in [0.25, 0.3) is 6.08 Å². The Labute approximate surface area is 261 Å². The second kappa shape index (κ2) is 15.4. The molecule has 0 saturated heterocycles. The summed E-state index contributed by atoms with van der Waals surface area (Å²) in [5.41, 5.74) is 4.11. The molecule has 9 heteroatoms. The lowest BCUT2D eigenvalue weighted by atomic mass is 10.1. The lowest BCUT2D eigenvalue weighted by Crippen LogP contribution is -2.30. The SMILES string of the molecule is CCC(Sc1cccc(NC(=O)/C(=C\c2cccc(C)c2)NC(=O)c2ccccc2)c1)C(=O)Nc1ccc(NC(C)=O)cc1. The van der Waals surface area contributed by atoms with Gasteiger partial charge in [-0.3, -0.25) is 19.2 Å². The minimum atomic E-state index is -0.481. The highest BCUT2D eigenvalue weighted by molar-refractivity contribution is 8.00. The summed E-state index contributed by atoms with van der Waals surface area (Å²) in [6.07, 6.45) is 2.22. The predicted molar refractivity (Wildman–Crippen MR) is 177 cm³/mol. The van der Waals surface area contributed by atoms with Gasteiger partial charge in [-0.1, -0.05) is 61.0 Å². The molecule has 44 heavy (non-hydrogen) atoms. The van der Waals surface area contributed by atoms with E-state index in [1.807, 2.05) is 50.2 Å². The van der Waals surface area contributed by atoms with Crippen LogP contribution in [0.4, 0.5) is 17.1 Å². The monoisotopic (exact) mass is 606 g/mol. The fraction of sp³-hybridized carbons (Fsp3) is 0.143. The van der Waals surface area contributed by atoms with Crippen molar-refractivity contribution in [3.8, 4) is 0 Å². The number of carbonyl (C=O) groups is 4. The van der Waals surface area contributed by atoms with Crippen molar-refractivity contribution < 1.29 is 19.2 Å². The molecule has 0 aromatic heterocycles. The minimum Gasteiger partial charge on any atom is -0.326 e. The van der Waals surface area contributed by atoms with Gasteiger partial charge in [0, 0.05) is 34.4 Å². The molecule has 1 atom stereocenters. The Bertz CT molecular complexity index is 1670. The van der Waals surface area contributed by atoms with Crippen molar-refractivity contribution in [1.82, 2.24) is 5.32 Å². The molecule has 4 aromatic carbocycles. The number of benzene rings is 4. The summed E-state index contributed by atoms with van der Waals surface area (Å²) < 4.78 is 0. The molecule has 224 valence electrons. The number of amides is 4. The van der Waals surface area contributed by atoms with Crippen molar-refractivity contribution >= 4 is 58.5 Å². The zero-order valence-corrected chi connectivity index (χ0v) is 25.5. The van der Waals surface area contributed by atoms with Crippen LogP contribution in [0.1, 0.15) is 41.8 Å². The molecule has 0 radical (unpaired) electrons. The van der Waals surface area contributed by atoms with E-state index >= 15 is 0 Å². The van der Waals surface area contributed by atoms with Gasteiger partial charge < -0.3 is 21.3 Å². The molecule has 4 amide bonds. The van der Waals surface area contributed by atoms with Gasteiger partial charge in [0.25, 0.3) is 11.8 Å². The Morgan fingerprint density at radius 2 is 1.43 bits per heavy atom. The number of aryl methyl sites for hydroxylation is 1. The van der Waals surface area contributed by atoms with E-state index in [2.05, 4.69) is 21.3 Å². The summed E-state index contributed by atoms with van der Waals surface area (Å²) in [5, 5.41) is 10.9. The summed E-state index contributed by atoms with van der Waals surface area (Å²) >= 11 is 1.38. The number of nitrogens with one attached hydrogen (secondary N) is 4. The zero-order chi connectivity index (χ0) is 31.5. The molecule has 0 bridgehead atoms. The first-order valence-corrected chi connectivity index (χ1v) is 15.0. The van der Waals surface area contributed by atoms with Crippen molar-refractivity contribution in [2.45, 2.75) is 37.3 Å². The topological polar surface area (TPSA) is 116 Å². The molecule has 8 nitrogen and oxygen atoms in total. The van der Waals surface area contributed by atoms with Crippen LogP contribution >= 0.6 is 11.8 Å². The van der Waals surface area contributed by atoms with Crippen molar-refractivity contribution in [3.63, 3.8) is 0 Å². The van der Waals surface area contributed by atoms with Gasteiger partial charge in [-0.25, -0.2) is 0 Å². The standard InChI is InChI=1S/C35H34N4O4S/c1-4-32(35(43)37-28-18-16-27(17-19-28)36-24(3)40)44-30-15-9-14-29(22-30)38-34(42)31(21-25-11-8-10-23(2)20-25)39-33(41)26-12-6-5-7-13-26/h5-22,32H,4H2,1-3H3,(H,36,40)(H,37,43)(H,38,42)(H,39,41)/b31-21+. The van der Waals surface area contributed by atoms with Crippen LogP contribution in [0.15, 0.2) is 114 Å². The maximum atomic E-state index is 13.5. The first kappa shape index (κ1) is 31.8. The Morgan fingerprint density at radius 3 is 2.09 bits per heavy atom. The van der Waals surface area contributed by atoms with Crippen LogP contribution in [0.3, 0.4) is 0 Å². The van der Waals surface area contributed by atoms with E-state index < -0.39 is 17.1 Å². The number of hydrogen-bond acceptors (Lipinski definition) is 5. The Balaban J connectivity index is 1.46. The first-order chi connectivity index (χ1) is 21.2. The molecular weight excluding hydrogens is 572 g/mol. The Morgan fingerprint density at radius 1 is 0.750 bits per heavy atom. The molecule has 0 spiro atoms. The van der Waals surface area contributed by atoms with Crippen molar-refractivity contribution in [1.29, 1.82) is 0 Å². The predicted octanol–water partition coefficient (Wildman–Crippen LogP) is 6.87. The normalized spacial score (nSPS) is 11.7. The van der Waals surface area contributed by atoms with Crippen LogP contribution in [0.2, 0.25) is 0 Å². The number of anilines is 3. The van der Waals surface area contributed by atoms with Crippen molar-refractivity contribution in [2.24, 2.45) is 0 Å². The van der Waals surface area contributed by atoms with E-state index in [9.17, 15) is 19.2 Å². The molecule has 4 N–H and O–H groups in total. The van der Waals surface area contributed by atoms with Crippen LogP contribution in [-0.4, -0.2) is 28.9 Å². The van der Waals surface area contributed by atoms with Gasteiger partial charge in [-0.05, 0) is 79.6 Å². The minimum absolute atomic E-state index is 0.0952. The second-order valence-corrected chi connectivity index (χ2v) is 11.3. The molecule has 0 saturated carbocycles. The maximum Gasteiger partial charge on any atom is 0.272 e. The van der Waals surface area contributed by atoms with Crippen molar-refractivity contribution in [3.05, 3.63) is 126 Å². The molecule has 0 aliphatic heterocycles. The zero-order valence-electron chi connectivity index (χ0n) is 24.7. The second-order valence-electron chi connectivity index (χ2n) is 10.0. The summed E-state index contributed by atoms with van der Waals surface area (Å²) in [7, 11) is 0. The average Bonchev–Trinajstić information content (AvgIpc) is 3.01. The highest BCUT2D eigenvalue weighted by Gasteiger charge is 2.19. The van der Waals surface area contributed by atoms with Crippen LogP contribution < -0.4 is 21.3 Å². The fourth-order valence-electron chi connectivity index (χ4n) is 4.26. The molecular formula is C35H34N4O4S. The highest BCUT2D eigenvalue weighted by atomic mass is 32.2. The smallest absolute Gasteiger partial charge is 0.272 e. The third-order valence-corrected chi connectivity index (χ3v) is 7.75. The van der Waals surface area contributed by atoms with Gasteiger partial charge in [0.15, 0.2) is 0 Å². The van der Waals surface area contributed by atoms with Gasteiger partial charge in [0.05, 0.1) is 5.25 Å². The quantitative estimate of drug-likeness (QED) is 0.110. The molecule has 4 aromatic rings. The molecule has 0 aliphatic carbocycles. The third kappa shape index (κ3) is 9.43. The Hall–Kier alpha value is -5.15. The van der Waals surface area contributed by atoms with Crippen LogP contribution in [0, 0.1) is 6.92 Å². The molecule has 0 fully saturated rings. The van der Waals surface area contributed by atoms with E-state index in [1.165, 1.54) is 18.7 Å². The number of carbonyl (C=O) groups excluding carboxylic acids is 4. The van der Waals surface area contributed by atoms with Gasteiger partial charge in [0.2, 0.25) is 11.8 Å². The number of rotatable bonds is 11. The van der Waals surface area contributed by atoms with E-state index in [-0.39, 0.29) is 17.5 Å². The number of hydrogen-bond donors (Lipinski definition) is 4. The lowest BCUT2D eigenvalue weighted by Gasteiger charge is -2.16. The average molecular weight is 607 g/mol. The van der Waals surface area contributed by atoms with Gasteiger partial charge >= 0.3 is 0 Å². The number of thioether (sulfide) groups is 1.